The molecule has 10 nitrogen and oxygen atoms in total. The first-order valence-electron chi connectivity index (χ1n) is 16.1. The van der Waals surface area contributed by atoms with Crippen molar-refractivity contribution in [1.82, 2.24) is 14.8 Å². The summed E-state index contributed by atoms with van der Waals surface area (Å²) in [5.74, 6) is -2.25. The van der Waals surface area contributed by atoms with Gasteiger partial charge in [-0.3, -0.25) is 14.4 Å². The quantitative estimate of drug-likeness (QED) is 0.152. The summed E-state index contributed by atoms with van der Waals surface area (Å²) < 4.78 is 10.9. The number of nitrogens with zero attached hydrogens (tertiary/aromatic N) is 3. The van der Waals surface area contributed by atoms with E-state index in [9.17, 15) is 19.2 Å². The molecule has 0 aliphatic carbocycles. The molecule has 244 valence electrons. The zero-order valence-electron chi connectivity index (χ0n) is 27.0. The van der Waals surface area contributed by atoms with E-state index < -0.39 is 54.0 Å². The number of carbonyl (C=O) groups excluding carboxylic acids is 4. The lowest BCUT2D eigenvalue weighted by Gasteiger charge is -2.32. The number of esters is 1. The maximum Gasteiger partial charge on any atom is 0.417 e. The standard InChI is InChI=1S/C32H54N4O6S/c1-6-7-8-9-10-11-12-13-14-15-16-17-20-41-27(37)21-36(31(40)42-32(3,4)5)30(39)28-25(26-22-43-23-34-26)18-19-35(28)29(38)24(2)33/h22-25,28H,6-21,33H2,1-5H3/t24-,25?,28-/m0/s1. The summed E-state index contributed by atoms with van der Waals surface area (Å²) in [5.41, 5.74) is 7.30. The fraction of sp³-hybridized carbons (Fsp3) is 0.781. The van der Waals surface area contributed by atoms with Crippen molar-refractivity contribution >= 4 is 35.2 Å². The molecule has 1 aromatic heterocycles. The Balaban J connectivity index is 1.94. The van der Waals surface area contributed by atoms with Crippen molar-refractivity contribution in [2.24, 2.45) is 5.73 Å². The Labute approximate surface area is 262 Å². The van der Waals surface area contributed by atoms with E-state index in [2.05, 4.69) is 11.9 Å². The Bertz CT molecular complexity index is 994. The van der Waals surface area contributed by atoms with Crippen LogP contribution in [0.2, 0.25) is 0 Å². The van der Waals surface area contributed by atoms with E-state index in [0.29, 0.717) is 18.5 Å². The molecule has 1 aliphatic rings. The van der Waals surface area contributed by atoms with Crippen LogP contribution in [0.25, 0.3) is 0 Å². The minimum absolute atomic E-state index is 0.215. The van der Waals surface area contributed by atoms with Gasteiger partial charge in [0, 0.05) is 17.8 Å². The molecule has 1 aliphatic heterocycles. The first-order valence-corrected chi connectivity index (χ1v) is 17.0. The fourth-order valence-corrected chi connectivity index (χ4v) is 5.95. The summed E-state index contributed by atoms with van der Waals surface area (Å²) in [6.45, 7) is 8.72. The van der Waals surface area contributed by atoms with Crippen LogP contribution in [0.3, 0.4) is 0 Å². The van der Waals surface area contributed by atoms with Gasteiger partial charge in [-0.2, -0.15) is 0 Å². The van der Waals surface area contributed by atoms with Gasteiger partial charge in [-0.15, -0.1) is 11.3 Å². The fourth-order valence-electron chi connectivity index (χ4n) is 5.33. The van der Waals surface area contributed by atoms with Gasteiger partial charge in [0.15, 0.2) is 0 Å². The molecule has 1 aromatic rings. The molecule has 2 heterocycles. The highest BCUT2D eigenvalue weighted by molar-refractivity contribution is 7.07. The van der Waals surface area contributed by atoms with Gasteiger partial charge in [-0.1, -0.05) is 77.6 Å². The molecule has 0 spiro atoms. The Hall–Kier alpha value is -2.53. The number of rotatable bonds is 18. The normalized spacial score (nSPS) is 17.5. The van der Waals surface area contributed by atoms with Gasteiger partial charge in [0.1, 0.15) is 18.2 Å². The summed E-state index contributed by atoms with van der Waals surface area (Å²) in [7, 11) is 0. The van der Waals surface area contributed by atoms with E-state index >= 15 is 0 Å². The maximum absolute atomic E-state index is 14.0. The van der Waals surface area contributed by atoms with Gasteiger partial charge in [0.2, 0.25) is 5.91 Å². The van der Waals surface area contributed by atoms with Crippen molar-refractivity contribution in [2.75, 3.05) is 19.7 Å². The average Bonchev–Trinajstić information content (AvgIpc) is 3.62. The van der Waals surface area contributed by atoms with Crippen molar-refractivity contribution in [1.29, 1.82) is 0 Å². The molecule has 3 atom stereocenters. The van der Waals surface area contributed by atoms with Crippen LogP contribution >= 0.6 is 11.3 Å². The van der Waals surface area contributed by atoms with Gasteiger partial charge in [-0.25, -0.2) is 14.7 Å². The molecule has 3 amide bonds. The molecule has 1 fully saturated rings. The number of ether oxygens (including phenoxy) is 2. The number of hydrogen-bond donors (Lipinski definition) is 1. The van der Waals surface area contributed by atoms with Gasteiger partial charge in [0.05, 0.1) is 23.9 Å². The van der Waals surface area contributed by atoms with Crippen LogP contribution in [-0.2, 0) is 23.9 Å². The van der Waals surface area contributed by atoms with Gasteiger partial charge in [-0.05, 0) is 40.5 Å². The number of hydrogen-bond acceptors (Lipinski definition) is 9. The van der Waals surface area contributed by atoms with Gasteiger partial charge < -0.3 is 20.1 Å². The molecule has 2 N–H and O–H groups in total. The van der Waals surface area contributed by atoms with E-state index in [0.717, 1.165) is 17.7 Å². The Morgan fingerprint density at radius 1 is 1.02 bits per heavy atom. The van der Waals surface area contributed by atoms with E-state index in [-0.39, 0.29) is 13.2 Å². The zero-order valence-corrected chi connectivity index (χ0v) is 27.8. The van der Waals surface area contributed by atoms with E-state index in [4.69, 9.17) is 15.2 Å². The summed E-state index contributed by atoms with van der Waals surface area (Å²) in [6, 6.07) is -1.88. The Kier molecular flexibility index (Phi) is 16.2. The molecule has 0 bridgehead atoms. The number of carbonyl (C=O) groups is 4. The zero-order chi connectivity index (χ0) is 31.8. The summed E-state index contributed by atoms with van der Waals surface area (Å²) in [4.78, 5) is 59.6. The number of imide groups is 1. The molecule has 1 saturated heterocycles. The molecule has 0 radical (unpaired) electrons. The number of aromatic nitrogens is 1. The first kappa shape index (κ1) is 36.7. The van der Waals surface area contributed by atoms with E-state index in [1.165, 1.54) is 74.0 Å². The molecular weight excluding hydrogens is 568 g/mol. The number of thiazole rings is 1. The third kappa shape index (κ3) is 12.9. The van der Waals surface area contributed by atoms with Gasteiger partial charge >= 0.3 is 12.1 Å². The molecule has 0 saturated carbocycles. The van der Waals surface area contributed by atoms with Crippen molar-refractivity contribution in [3.8, 4) is 0 Å². The molecule has 43 heavy (non-hydrogen) atoms. The number of likely N-dealkylation sites (tertiary alicyclic amines) is 1. The van der Waals surface area contributed by atoms with Crippen LogP contribution in [0, 0.1) is 0 Å². The highest BCUT2D eigenvalue weighted by Crippen LogP contribution is 2.35. The lowest BCUT2D eigenvalue weighted by Crippen LogP contribution is -2.55. The summed E-state index contributed by atoms with van der Waals surface area (Å²) in [5, 5.41) is 1.82. The van der Waals surface area contributed by atoms with Gasteiger partial charge in [0.25, 0.3) is 5.91 Å². The Morgan fingerprint density at radius 2 is 1.60 bits per heavy atom. The molecular formula is C32H54N4O6S. The average molecular weight is 623 g/mol. The lowest BCUT2D eigenvalue weighted by molar-refractivity contribution is -0.152. The van der Waals surface area contributed by atoms with Crippen molar-refractivity contribution in [3.63, 3.8) is 0 Å². The van der Waals surface area contributed by atoms with Crippen LogP contribution < -0.4 is 5.73 Å². The third-order valence-electron chi connectivity index (χ3n) is 7.58. The van der Waals surface area contributed by atoms with Crippen molar-refractivity contribution in [2.45, 2.75) is 142 Å². The van der Waals surface area contributed by atoms with Crippen molar-refractivity contribution < 1.29 is 28.7 Å². The highest BCUT2D eigenvalue weighted by atomic mass is 32.1. The van der Waals surface area contributed by atoms with Crippen LogP contribution in [0.1, 0.15) is 130 Å². The third-order valence-corrected chi connectivity index (χ3v) is 8.19. The second-order valence-corrected chi connectivity index (χ2v) is 13.3. The lowest BCUT2D eigenvalue weighted by atomic mass is 9.96. The van der Waals surface area contributed by atoms with Crippen LogP contribution in [0.4, 0.5) is 4.79 Å². The predicted molar refractivity (Wildman–Crippen MR) is 169 cm³/mol. The maximum atomic E-state index is 14.0. The minimum Gasteiger partial charge on any atom is -0.464 e. The predicted octanol–water partition coefficient (Wildman–Crippen LogP) is 6.18. The second-order valence-electron chi connectivity index (χ2n) is 12.6. The number of amides is 3. The Morgan fingerprint density at radius 3 is 2.12 bits per heavy atom. The minimum atomic E-state index is -1.04. The second kappa shape index (κ2) is 19.0. The van der Waals surface area contributed by atoms with Crippen LogP contribution in [0.15, 0.2) is 10.9 Å². The smallest absolute Gasteiger partial charge is 0.417 e. The van der Waals surface area contributed by atoms with E-state index in [1.54, 1.807) is 33.2 Å². The largest absolute Gasteiger partial charge is 0.464 e. The number of nitrogens with two attached hydrogens (primary N) is 1. The van der Waals surface area contributed by atoms with Crippen molar-refractivity contribution in [3.05, 3.63) is 16.6 Å². The first-order chi connectivity index (χ1) is 20.5. The number of unbranched alkanes of at least 4 members (excludes halogenated alkanes) is 11. The molecule has 2 rings (SSSR count). The van der Waals surface area contributed by atoms with Crippen LogP contribution in [-0.4, -0.2) is 76.0 Å². The molecule has 11 heteroatoms. The highest BCUT2D eigenvalue weighted by Gasteiger charge is 2.47. The monoisotopic (exact) mass is 622 g/mol. The van der Waals surface area contributed by atoms with E-state index in [1.807, 2.05) is 5.38 Å². The topological polar surface area (TPSA) is 132 Å². The van der Waals surface area contributed by atoms with Crippen LogP contribution in [0.5, 0.6) is 0 Å². The molecule has 1 unspecified atom stereocenters. The SMILES string of the molecule is CCCCCCCCCCCCCCOC(=O)CN(C(=O)OC(C)(C)C)C(=O)[C@@H]1C(c2cscn2)CCN1C(=O)[C@H](C)N. The summed E-state index contributed by atoms with van der Waals surface area (Å²) >= 11 is 1.38. The molecule has 0 aromatic carbocycles. The summed E-state index contributed by atoms with van der Waals surface area (Å²) in [6.07, 6.45) is 13.9.